The first-order valence-corrected chi connectivity index (χ1v) is 11.0. The third kappa shape index (κ3) is 6.02. The minimum atomic E-state index is -2.24. The number of Topliss-reactive ketones (excluding diaryl/α,β-unsaturated/α-hetero) is 1. The summed E-state index contributed by atoms with van der Waals surface area (Å²) in [6.45, 7) is 4.26. The minimum absolute atomic E-state index is 0.0525. The van der Waals surface area contributed by atoms with Crippen LogP contribution in [0, 0.1) is 11.7 Å². The molecule has 0 saturated carbocycles. The van der Waals surface area contributed by atoms with Crippen LogP contribution in [0.2, 0.25) is 0 Å². The SMILES string of the molecule is CC(C)(C)OC(=O)NCC(=O)C1(C(=O)O)CC(C(=O)Nc2ccccc2)C(c2ccccc2F)N1. The zero-order valence-electron chi connectivity index (χ0n) is 19.6. The van der Waals surface area contributed by atoms with E-state index in [1.165, 1.54) is 18.2 Å². The predicted molar refractivity (Wildman–Crippen MR) is 125 cm³/mol. The first-order valence-electron chi connectivity index (χ1n) is 11.0. The van der Waals surface area contributed by atoms with Gasteiger partial charge in [0, 0.05) is 17.3 Å². The summed E-state index contributed by atoms with van der Waals surface area (Å²) in [5.41, 5.74) is -2.53. The molecular weight excluding hydrogens is 457 g/mol. The van der Waals surface area contributed by atoms with Crippen molar-refractivity contribution in [3.8, 4) is 0 Å². The lowest BCUT2D eigenvalue weighted by molar-refractivity contribution is -0.149. The Hall–Kier alpha value is -3.79. The molecule has 0 aliphatic carbocycles. The number of rotatable bonds is 7. The van der Waals surface area contributed by atoms with E-state index in [2.05, 4.69) is 16.0 Å². The van der Waals surface area contributed by atoms with E-state index in [1.807, 2.05) is 0 Å². The van der Waals surface area contributed by atoms with Crippen molar-refractivity contribution in [2.45, 2.75) is 44.4 Å². The molecule has 0 radical (unpaired) electrons. The fourth-order valence-corrected chi connectivity index (χ4v) is 3.98. The van der Waals surface area contributed by atoms with Gasteiger partial charge in [-0.25, -0.2) is 14.0 Å². The number of hydrogen-bond donors (Lipinski definition) is 4. The Morgan fingerprint density at radius 2 is 1.71 bits per heavy atom. The fraction of sp³-hybridized carbons (Fsp3) is 0.360. The highest BCUT2D eigenvalue weighted by atomic mass is 19.1. The molecule has 3 atom stereocenters. The summed E-state index contributed by atoms with van der Waals surface area (Å²) in [5, 5.41) is 17.7. The lowest BCUT2D eigenvalue weighted by atomic mass is 9.85. The lowest BCUT2D eigenvalue weighted by Gasteiger charge is -2.25. The van der Waals surface area contributed by atoms with Gasteiger partial charge in [0.2, 0.25) is 5.91 Å². The average molecular weight is 486 g/mol. The Bertz CT molecular complexity index is 1120. The number of carbonyl (C=O) groups excluding carboxylic acids is 3. The Kier molecular flexibility index (Phi) is 7.54. The van der Waals surface area contributed by atoms with Crippen LogP contribution in [0.3, 0.4) is 0 Å². The van der Waals surface area contributed by atoms with Crippen LogP contribution >= 0.6 is 0 Å². The molecule has 9 nitrogen and oxygen atoms in total. The number of carbonyl (C=O) groups is 4. The van der Waals surface area contributed by atoms with Gasteiger partial charge in [0.05, 0.1) is 12.5 Å². The van der Waals surface area contributed by atoms with Crippen molar-refractivity contribution < 1.29 is 33.4 Å². The first-order chi connectivity index (χ1) is 16.4. The minimum Gasteiger partial charge on any atom is -0.480 e. The maximum absolute atomic E-state index is 14.7. The molecule has 4 N–H and O–H groups in total. The number of alkyl carbamates (subject to hydrolysis) is 1. The fourth-order valence-electron chi connectivity index (χ4n) is 3.98. The molecule has 2 amide bonds. The molecule has 1 saturated heterocycles. The lowest BCUT2D eigenvalue weighted by Crippen LogP contribution is -2.57. The Labute approximate surface area is 202 Å². The van der Waals surface area contributed by atoms with Crippen LogP contribution < -0.4 is 16.0 Å². The van der Waals surface area contributed by atoms with Gasteiger partial charge in [-0.15, -0.1) is 0 Å². The second-order valence-corrected chi connectivity index (χ2v) is 9.30. The van der Waals surface area contributed by atoms with Gasteiger partial charge in [-0.3, -0.25) is 14.9 Å². The van der Waals surface area contributed by atoms with Crippen LogP contribution in [0.25, 0.3) is 0 Å². The molecule has 3 unspecified atom stereocenters. The standard InChI is InChI=1S/C25H28FN3O6/c1-24(2,3)35-23(34)27-14-19(30)25(22(32)33)13-17(21(31)28-15-9-5-4-6-10-15)20(29-25)16-11-7-8-12-18(16)26/h4-12,17,20,29H,13-14H2,1-3H3,(H,27,34)(H,28,31)(H,32,33). The van der Waals surface area contributed by atoms with E-state index in [9.17, 15) is 28.7 Å². The van der Waals surface area contributed by atoms with Gasteiger partial charge in [-0.1, -0.05) is 36.4 Å². The topological polar surface area (TPSA) is 134 Å². The molecule has 1 aliphatic heterocycles. The maximum atomic E-state index is 14.7. The van der Waals surface area contributed by atoms with Crippen LogP contribution in [0.1, 0.15) is 38.8 Å². The molecule has 186 valence electrons. The normalized spacial score (nSPS) is 21.7. The van der Waals surface area contributed by atoms with E-state index >= 15 is 0 Å². The maximum Gasteiger partial charge on any atom is 0.408 e. The van der Waals surface area contributed by atoms with E-state index in [1.54, 1.807) is 57.2 Å². The molecule has 35 heavy (non-hydrogen) atoms. The van der Waals surface area contributed by atoms with Gasteiger partial charge in [0.15, 0.2) is 11.3 Å². The molecule has 0 spiro atoms. The van der Waals surface area contributed by atoms with Gasteiger partial charge in [0.25, 0.3) is 0 Å². The summed E-state index contributed by atoms with van der Waals surface area (Å²) in [6, 6.07) is 13.0. The van der Waals surface area contributed by atoms with Crippen LogP contribution in [-0.2, 0) is 19.1 Å². The summed E-state index contributed by atoms with van der Waals surface area (Å²) >= 11 is 0. The monoisotopic (exact) mass is 485 g/mol. The summed E-state index contributed by atoms with van der Waals surface area (Å²) in [4.78, 5) is 50.7. The second kappa shape index (κ2) is 10.2. The summed E-state index contributed by atoms with van der Waals surface area (Å²) in [7, 11) is 0. The van der Waals surface area contributed by atoms with E-state index < -0.39 is 65.6 Å². The number of amides is 2. The smallest absolute Gasteiger partial charge is 0.408 e. The van der Waals surface area contributed by atoms with Crippen molar-refractivity contribution in [2.24, 2.45) is 5.92 Å². The van der Waals surface area contributed by atoms with Crippen molar-refractivity contribution in [3.05, 3.63) is 66.0 Å². The Morgan fingerprint density at radius 3 is 2.31 bits per heavy atom. The number of carboxylic acids is 1. The van der Waals surface area contributed by atoms with Crippen molar-refractivity contribution in [3.63, 3.8) is 0 Å². The van der Waals surface area contributed by atoms with E-state index in [-0.39, 0.29) is 5.56 Å². The van der Waals surface area contributed by atoms with Crippen LogP contribution in [0.4, 0.5) is 14.9 Å². The quantitative estimate of drug-likeness (QED) is 0.443. The summed E-state index contributed by atoms with van der Waals surface area (Å²) in [5.74, 6) is -4.76. The number of ether oxygens (including phenoxy) is 1. The first kappa shape index (κ1) is 25.8. The summed E-state index contributed by atoms with van der Waals surface area (Å²) in [6.07, 6.45) is -1.34. The van der Waals surface area contributed by atoms with Gasteiger partial charge in [-0.2, -0.15) is 0 Å². The third-order valence-corrected chi connectivity index (χ3v) is 5.58. The van der Waals surface area contributed by atoms with Crippen LogP contribution in [0.5, 0.6) is 0 Å². The number of anilines is 1. The molecule has 3 rings (SSSR count). The van der Waals surface area contributed by atoms with Crippen molar-refractivity contribution in [1.29, 1.82) is 0 Å². The van der Waals surface area contributed by atoms with E-state index in [4.69, 9.17) is 4.74 Å². The Morgan fingerprint density at radius 1 is 1.09 bits per heavy atom. The molecule has 0 aromatic heterocycles. The van der Waals surface area contributed by atoms with Gasteiger partial charge in [-0.05, 0) is 45.4 Å². The second-order valence-electron chi connectivity index (χ2n) is 9.30. The molecule has 1 fully saturated rings. The zero-order valence-corrected chi connectivity index (χ0v) is 19.6. The van der Waals surface area contributed by atoms with E-state index in [0.717, 1.165) is 0 Å². The number of para-hydroxylation sites is 1. The largest absolute Gasteiger partial charge is 0.480 e. The van der Waals surface area contributed by atoms with Crippen LogP contribution in [-0.4, -0.2) is 46.5 Å². The van der Waals surface area contributed by atoms with E-state index in [0.29, 0.717) is 5.69 Å². The number of nitrogens with one attached hydrogen (secondary N) is 3. The average Bonchev–Trinajstić information content (AvgIpc) is 3.20. The number of benzene rings is 2. The van der Waals surface area contributed by atoms with Gasteiger partial charge < -0.3 is 20.5 Å². The molecular formula is C25H28FN3O6. The number of carboxylic acid groups (broad SMARTS) is 1. The van der Waals surface area contributed by atoms with Crippen molar-refractivity contribution in [2.75, 3.05) is 11.9 Å². The number of hydrogen-bond acceptors (Lipinski definition) is 6. The molecule has 10 heteroatoms. The van der Waals surface area contributed by atoms with Crippen molar-refractivity contribution in [1.82, 2.24) is 10.6 Å². The highest BCUT2D eigenvalue weighted by Gasteiger charge is 2.57. The summed E-state index contributed by atoms with van der Waals surface area (Å²) < 4.78 is 19.8. The van der Waals surface area contributed by atoms with Crippen LogP contribution in [0.15, 0.2) is 54.6 Å². The molecule has 0 bridgehead atoms. The molecule has 1 aliphatic rings. The third-order valence-electron chi connectivity index (χ3n) is 5.58. The van der Waals surface area contributed by atoms with Crippen molar-refractivity contribution >= 4 is 29.4 Å². The Balaban J connectivity index is 1.90. The predicted octanol–water partition coefficient (Wildman–Crippen LogP) is 3.03. The number of ketones is 1. The zero-order chi connectivity index (χ0) is 25.8. The highest BCUT2D eigenvalue weighted by molar-refractivity contribution is 6.11. The number of halogens is 1. The molecule has 1 heterocycles. The molecule has 2 aromatic carbocycles. The number of aliphatic carboxylic acids is 1. The highest BCUT2D eigenvalue weighted by Crippen LogP contribution is 2.40. The van der Waals surface area contributed by atoms with Gasteiger partial charge >= 0.3 is 12.1 Å². The van der Waals surface area contributed by atoms with Gasteiger partial charge in [0.1, 0.15) is 11.4 Å². The molecule has 2 aromatic rings.